The van der Waals surface area contributed by atoms with Crippen molar-refractivity contribution in [2.24, 2.45) is 0 Å². The lowest BCUT2D eigenvalue weighted by Crippen LogP contribution is -2.04. The Bertz CT molecular complexity index is 443. The summed E-state index contributed by atoms with van der Waals surface area (Å²) in [5.41, 5.74) is 2.18. The van der Waals surface area contributed by atoms with Crippen LogP contribution in [0.3, 0.4) is 0 Å². The van der Waals surface area contributed by atoms with Crippen molar-refractivity contribution in [3.63, 3.8) is 0 Å². The molecule has 0 atom stereocenters. The van der Waals surface area contributed by atoms with Crippen LogP contribution >= 0.6 is 27.3 Å². The molecule has 0 aliphatic heterocycles. The Labute approximate surface area is 100 Å². The number of nitrogens with zero attached hydrogens (tertiary/aromatic N) is 4. The van der Waals surface area contributed by atoms with Gasteiger partial charge in [0, 0.05) is 10.2 Å². The Morgan fingerprint density at radius 1 is 1.47 bits per heavy atom. The standard InChI is InChI=1S/C9H11BrN4S/c1-6-7(2)15-9(12-6)5-14-8(3-10)4-11-13-14/h4H,3,5H2,1-2H3. The zero-order chi connectivity index (χ0) is 10.8. The minimum atomic E-state index is 0.709. The molecule has 2 aromatic rings. The maximum Gasteiger partial charge on any atom is 0.115 e. The summed E-state index contributed by atoms with van der Waals surface area (Å²) < 4.78 is 1.87. The van der Waals surface area contributed by atoms with E-state index >= 15 is 0 Å². The number of alkyl halides is 1. The van der Waals surface area contributed by atoms with Gasteiger partial charge in [-0.2, -0.15) is 0 Å². The smallest absolute Gasteiger partial charge is 0.115 e. The molecule has 4 nitrogen and oxygen atoms in total. The van der Waals surface area contributed by atoms with E-state index in [-0.39, 0.29) is 0 Å². The second-order valence-electron chi connectivity index (χ2n) is 3.27. The van der Waals surface area contributed by atoms with Crippen molar-refractivity contribution >= 4 is 27.3 Å². The molecule has 80 valence electrons. The fourth-order valence-electron chi connectivity index (χ4n) is 1.25. The third kappa shape index (κ3) is 2.26. The van der Waals surface area contributed by atoms with Crippen LogP contribution < -0.4 is 0 Å². The second kappa shape index (κ2) is 4.40. The fourth-order valence-corrected chi connectivity index (χ4v) is 2.60. The van der Waals surface area contributed by atoms with Gasteiger partial charge in [-0.25, -0.2) is 9.67 Å². The van der Waals surface area contributed by atoms with Crippen molar-refractivity contribution < 1.29 is 0 Å². The van der Waals surface area contributed by atoms with Crippen LogP contribution in [0.4, 0.5) is 0 Å². The minimum Gasteiger partial charge on any atom is -0.244 e. The summed E-state index contributed by atoms with van der Waals surface area (Å²) in [6.07, 6.45) is 1.77. The van der Waals surface area contributed by atoms with Gasteiger partial charge in [-0.15, -0.1) is 16.4 Å². The zero-order valence-corrected chi connectivity index (χ0v) is 11.0. The first kappa shape index (κ1) is 10.8. The third-order valence-corrected chi connectivity index (χ3v) is 3.82. The second-order valence-corrected chi connectivity index (χ2v) is 5.11. The number of hydrogen-bond acceptors (Lipinski definition) is 4. The summed E-state index contributed by atoms with van der Waals surface area (Å²) in [4.78, 5) is 5.74. The molecule has 0 bridgehead atoms. The van der Waals surface area contributed by atoms with Crippen LogP contribution in [0.5, 0.6) is 0 Å². The lowest BCUT2D eigenvalue weighted by molar-refractivity contribution is 0.629. The molecular weight excluding hydrogens is 276 g/mol. The van der Waals surface area contributed by atoms with Crippen LogP contribution in [-0.2, 0) is 11.9 Å². The van der Waals surface area contributed by atoms with Gasteiger partial charge in [0.05, 0.1) is 24.1 Å². The first-order valence-electron chi connectivity index (χ1n) is 4.57. The van der Waals surface area contributed by atoms with E-state index in [0.29, 0.717) is 6.54 Å². The van der Waals surface area contributed by atoms with E-state index in [9.17, 15) is 0 Å². The molecule has 2 rings (SSSR count). The molecule has 0 saturated carbocycles. The summed E-state index contributed by atoms with van der Waals surface area (Å²) >= 11 is 5.12. The van der Waals surface area contributed by atoms with E-state index in [4.69, 9.17) is 0 Å². The average molecular weight is 287 g/mol. The maximum atomic E-state index is 4.48. The van der Waals surface area contributed by atoms with Gasteiger partial charge in [-0.1, -0.05) is 21.1 Å². The number of rotatable bonds is 3. The van der Waals surface area contributed by atoms with Gasteiger partial charge in [-0.3, -0.25) is 0 Å². The van der Waals surface area contributed by atoms with Gasteiger partial charge in [-0.05, 0) is 13.8 Å². The van der Waals surface area contributed by atoms with Crippen LogP contribution in [0.1, 0.15) is 21.3 Å². The molecular formula is C9H11BrN4S. The van der Waals surface area contributed by atoms with Gasteiger partial charge in [0.2, 0.25) is 0 Å². The molecule has 0 aliphatic rings. The van der Waals surface area contributed by atoms with Gasteiger partial charge in [0.1, 0.15) is 5.01 Å². The molecule has 15 heavy (non-hydrogen) atoms. The van der Waals surface area contributed by atoms with Gasteiger partial charge < -0.3 is 0 Å². The summed E-state index contributed by atoms with van der Waals surface area (Å²) in [7, 11) is 0. The Balaban J connectivity index is 2.21. The molecule has 0 spiro atoms. The van der Waals surface area contributed by atoms with Crippen molar-refractivity contribution in [1.29, 1.82) is 0 Å². The number of aromatic nitrogens is 4. The highest BCUT2D eigenvalue weighted by Crippen LogP contribution is 2.17. The molecule has 0 aliphatic carbocycles. The van der Waals surface area contributed by atoms with E-state index in [1.54, 1.807) is 17.5 Å². The molecule has 2 heterocycles. The summed E-state index contributed by atoms with van der Waals surface area (Å²) in [6.45, 7) is 4.82. The fraction of sp³-hybridized carbons (Fsp3) is 0.444. The van der Waals surface area contributed by atoms with Crippen LogP contribution in [0.25, 0.3) is 0 Å². The van der Waals surface area contributed by atoms with E-state index in [0.717, 1.165) is 21.7 Å². The van der Waals surface area contributed by atoms with E-state index in [1.807, 2.05) is 11.6 Å². The normalized spacial score (nSPS) is 10.9. The maximum absolute atomic E-state index is 4.48. The number of halogens is 1. The SMILES string of the molecule is Cc1nc(Cn2nncc2CBr)sc1C. The highest BCUT2D eigenvalue weighted by Gasteiger charge is 2.07. The Hall–Kier alpha value is -0.750. The monoisotopic (exact) mass is 286 g/mol. The average Bonchev–Trinajstić information content (AvgIpc) is 2.75. The quantitative estimate of drug-likeness (QED) is 0.814. The van der Waals surface area contributed by atoms with E-state index in [2.05, 4.69) is 38.1 Å². The summed E-state index contributed by atoms with van der Waals surface area (Å²) in [6, 6.07) is 0. The van der Waals surface area contributed by atoms with Gasteiger partial charge in [0.15, 0.2) is 0 Å². The summed E-state index contributed by atoms with van der Waals surface area (Å²) in [5, 5.41) is 9.75. The first-order chi connectivity index (χ1) is 7.20. The predicted octanol–water partition coefficient (Wildman–Crippen LogP) is 2.29. The zero-order valence-electron chi connectivity index (χ0n) is 8.57. The molecule has 0 amide bonds. The Kier molecular flexibility index (Phi) is 3.16. The molecule has 6 heteroatoms. The lowest BCUT2D eigenvalue weighted by Gasteiger charge is -1.99. The number of aryl methyl sites for hydroxylation is 2. The molecule has 0 radical (unpaired) electrons. The largest absolute Gasteiger partial charge is 0.244 e. The first-order valence-corrected chi connectivity index (χ1v) is 6.50. The highest BCUT2D eigenvalue weighted by atomic mass is 79.9. The van der Waals surface area contributed by atoms with Crippen molar-refractivity contribution in [3.05, 3.63) is 27.5 Å². The van der Waals surface area contributed by atoms with Crippen molar-refractivity contribution in [2.45, 2.75) is 25.7 Å². The van der Waals surface area contributed by atoms with Crippen LogP contribution in [0, 0.1) is 13.8 Å². The van der Waals surface area contributed by atoms with E-state index < -0.39 is 0 Å². The predicted molar refractivity (Wildman–Crippen MR) is 63.3 cm³/mol. The number of hydrogen-bond donors (Lipinski definition) is 0. The van der Waals surface area contributed by atoms with Gasteiger partial charge >= 0.3 is 0 Å². The Morgan fingerprint density at radius 3 is 2.87 bits per heavy atom. The third-order valence-electron chi connectivity index (χ3n) is 2.19. The van der Waals surface area contributed by atoms with Crippen LogP contribution in [0.15, 0.2) is 6.20 Å². The summed E-state index contributed by atoms with van der Waals surface area (Å²) in [5.74, 6) is 0. The lowest BCUT2D eigenvalue weighted by atomic mass is 10.4. The molecule has 0 aromatic carbocycles. The molecule has 0 saturated heterocycles. The molecule has 0 N–H and O–H groups in total. The van der Waals surface area contributed by atoms with Crippen molar-refractivity contribution in [3.8, 4) is 0 Å². The van der Waals surface area contributed by atoms with Crippen LogP contribution in [-0.4, -0.2) is 20.0 Å². The molecule has 0 unspecified atom stereocenters. The molecule has 0 fully saturated rings. The van der Waals surface area contributed by atoms with Crippen LogP contribution in [0.2, 0.25) is 0 Å². The number of thiazole rings is 1. The molecule has 2 aromatic heterocycles. The highest BCUT2D eigenvalue weighted by molar-refractivity contribution is 9.08. The minimum absolute atomic E-state index is 0.709. The topological polar surface area (TPSA) is 43.6 Å². The van der Waals surface area contributed by atoms with Crippen molar-refractivity contribution in [1.82, 2.24) is 20.0 Å². The Morgan fingerprint density at radius 2 is 2.27 bits per heavy atom. The van der Waals surface area contributed by atoms with Gasteiger partial charge in [0.25, 0.3) is 0 Å². The van der Waals surface area contributed by atoms with Crippen molar-refractivity contribution in [2.75, 3.05) is 0 Å². The van der Waals surface area contributed by atoms with E-state index in [1.165, 1.54) is 4.88 Å².